The number of carbonyl (C=O) groups is 2. The maximum atomic E-state index is 12.7. The SMILES string of the molecule is Cc1c(C(=O)Nc2ccc(NC(=O)NCC3CCCO3)cc2)oc2ccc(Br)cc12. The largest absolute Gasteiger partial charge is 0.451 e. The van der Waals surface area contributed by atoms with Crippen LogP contribution in [0.3, 0.4) is 0 Å². The molecule has 0 spiro atoms. The molecular weight excluding hydrogens is 450 g/mol. The fourth-order valence-electron chi connectivity index (χ4n) is 3.42. The van der Waals surface area contributed by atoms with Crippen LogP contribution < -0.4 is 16.0 Å². The van der Waals surface area contributed by atoms with E-state index in [4.69, 9.17) is 9.15 Å². The first kappa shape index (κ1) is 20.4. The second-order valence-electron chi connectivity index (χ2n) is 7.20. The van der Waals surface area contributed by atoms with Crippen molar-refractivity contribution in [2.75, 3.05) is 23.8 Å². The van der Waals surface area contributed by atoms with Crippen molar-refractivity contribution in [2.45, 2.75) is 25.9 Å². The van der Waals surface area contributed by atoms with Gasteiger partial charge in [0.1, 0.15) is 5.58 Å². The van der Waals surface area contributed by atoms with E-state index in [1.54, 1.807) is 24.3 Å². The molecule has 3 amide bonds. The molecule has 0 radical (unpaired) electrons. The fourth-order valence-corrected chi connectivity index (χ4v) is 3.78. The number of nitrogens with one attached hydrogen (secondary N) is 3. The molecule has 0 aliphatic carbocycles. The van der Waals surface area contributed by atoms with Crippen LogP contribution in [0.15, 0.2) is 51.4 Å². The van der Waals surface area contributed by atoms with Gasteiger partial charge in [-0.1, -0.05) is 15.9 Å². The first-order chi connectivity index (χ1) is 14.5. The van der Waals surface area contributed by atoms with Crippen LogP contribution in [0, 0.1) is 6.92 Å². The smallest absolute Gasteiger partial charge is 0.319 e. The molecular formula is C22H22BrN3O4. The van der Waals surface area contributed by atoms with Gasteiger partial charge in [0.25, 0.3) is 5.91 Å². The Labute approximate surface area is 182 Å². The quantitative estimate of drug-likeness (QED) is 0.484. The summed E-state index contributed by atoms with van der Waals surface area (Å²) in [6.45, 7) is 3.11. The summed E-state index contributed by atoms with van der Waals surface area (Å²) < 4.78 is 12.1. The Bertz CT molecular complexity index is 1070. The highest BCUT2D eigenvalue weighted by atomic mass is 79.9. The van der Waals surface area contributed by atoms with E-state index >= 15 is 0 Å². The van der Waals surface area contributed by atoms with E-state index < -0.39 is 0 Å². The summed E-state index contributed by atoms with van der Waals surface area (Å²) in [6, 6.07) is 12.2. The molecule has 156 valence electrons. The molecule has 1 unspecified atom stereocenters. The number of fused-ring (bicyclic) bond motifs is 1. The minimum absolute atomic E-state index is 0.0937. The van der Waals surface area contributed by atoms with E-state index in [0.717, 1.165) is 34.9 Å². The lowest BCUT2D eigenvalue weighted by Gasteiger charge is -2.12. The molecule has 4 rings (SSSR count). The van der Waals surface area contributed by atoms with E-state index in [1.807, 2.05) is 25.1 Å². The summed E-state index contributed by atoms with van der Waals surface area (Å²) in [7, 11) is 0. The summed E-state index contributed by atoms with van der Waals surface area (Å²) >= 11 is 3.43. The highest BCUT2D eigenvalue weighted by molar-refractivity contribution is 9.10. The predicted octanol–water partition coefficient (Wildman–Crippen LogP) is 5.06. The lowest BCUT2D eigenvalue weighted by atomic mass is 10.1. The normalized spacial score (nSPS) is 15.9. The summed E-state index contributed by atoms with van der Waals surface area (Å²) in [5.74, 6) is -0.0475. The van der Waals surface area contributed by atoms with Gasteiger partial charge in [-0.05, 0) is 62.2 Å². The van der Waals surface area contributed by atoms with Gasteiger partial charge in [-0.15, -0.1) is 0 Å². The monoisotopic (exact) mass is 471 g/mol. The Balaban J connectivity index is 1.35. The van der Waals surface area contributed by atoms with Crippen LogP contribution in [0.4, 0.5) is 16.2 Å². The third-order valence-corrected chi connectivity index (χ3v) is 5.51. The molecule has 1 atom stereocenters. The van der Waals surface area contributed by atoms with E-state index in [1.165, 1.54) is 0 Å². The Morgan fingerprint density at radius 3 is 2.53 bits per heavy atom. The minimum Gasteiger partial charge on any atom is -0.451 e. The van der Waals surface area contributed by atoms with Crippen molar-refractivity contribution in [1.82, 2.24) is 5.32 Å². The number of benzene rings is 2. The van der Waals surface area contributed by atoms with Crippen LogP contribution in [0.5, 0.6) is 0 Å². The molecule has 0 saturated carbocycles. The number of urea groups is 1. The molecule has 30 heavy (non-hydrogen) atoms. The molecule has 1 aliphatic rings. The summed E-state index contributed by atoms with van der Waals surface area (Å²) in [5, 5.41) is 9.29. The first-order valence-corrected chi connectivity index (χ1v) is 10.6. The lowest BCUT2D eigenvalue weighted by Crippen LogP contribution is -2.35. The van der Waals surface area contributed by atoms with E-state index in [-0.39, 0.29) is 23.8 Å². The third kappa shape index (κ3) is 4.66. The van der Waals surface area contributed by atoms with Crippen molar-refractivity contribution in [1.29, 1.82) is 0 Å². The number of amides is 3. The minimum atomic E-state index is -0.324. The molecule has 3 aromatic rings. The molecule has 0 bridgehead atoms. The van der Waals surface area contributed by atoms with Crippen LogP contribution in [-0.2, 0) is 4.74 Å². The summed E-state index contributed by atoms with van der Waals surface area (Å²) in [5.41, 5.74) is 2.67. The van der Waals surface area contributed by atoms with E-state index in [9.17, 15) is 9.59 Å². The van der Waals surface area contributed by atoms with Crippen LogP contribution in [0.1, 0.15) is 29.0 Å². The van der Waals surface area contributed by atoms with E-state index in [0.29, 0.717) is 23.5 Å². The standard InChI is InChI=1S/C22H22BrN3O4/c1-13-18-11-14(23)4-9-19(18)30-20(13)21(27)25-15-5-7-16(8-6-15)26-22(28)24-12-17-3-2-10-29-17/h4-9,11,17H,2-3,10,12H2,1H3,(H,25,27)(H2,24,26,28). The van der Waals surface area contributed by atoms with Crippen LogP contribution in [-0.4, -0.2) is 31.2 Å². The van der Waals surface area contributed by atoms with Crippen LogP contribution in [0.2, 0.25) is 0 Å². The molecule has 2 heterocycles. The van der Waals surface area contributed by atoms with Crippen molar-refractivity contribution in [3.05, 3.63) is 58.3 Å². The zero-order valence-corrected chi connectivity index (χ0v) is 18.0. The molecule has 1 fully saturated rings. The molecule has 1 saturated heterocycles. The number of carbonyl (C=O) groups excluding carboxylic acids is 2. The number of rotatable bonds is 5. The van der Waals surface area contributed by atoms with Gasteiger partial charge >= 0.3 is 6.03 Å². The summed E-state index contributed by atoms with van der Waals surface area (Å²) in [4.78, 5) is 24.7. The van der Waals surface area contributed by atoms with Crippen molar-refractivity contribution < 1.29 is 18.7 Å². The van der Waals surface area contributed by atoms with Gasteiger partial charge in [0.2, 0.25) is 0 Å². The molecule has 3 N–H and O–H groups in total. The average molecular weight is 472 g/mol. The Kier molecular flexibility index (Phi) is 6.06. The van der Waals surface area contributed by atoms with Crippen LogP contribution in [0.25, 0.3) is 11.0 Å². The second-order valence-corrected chi connectivity index (χ2v) is 8.11. The van der Waals surface area contributed by atoms with Crippen molar-refractivity contribution >= 4 is 50.2 Å². The Hall–Kier alpha value is -2.84. The number of aryl methyl sites for hydroxylation is 1. The maximum Gasteiger partial charge on any atom is 0.319 e. The zero-order valence-electron chi connectivity index (χ0n) is 16.5. The van der Waals surface area contributed by atoms with Crippen molar-refractivity contribution in [2.24, 2.45) is 0 Å². The van der Waals surface area contributed by atoms with Gasteiger partial charge in [0, 0.05) is 39.9 Å². The number of halogens is 1. The number of ether oxygens (including phenoxy) is 1. The Morgan fingerprint density at radius 2 is 1.83 bits per heavy atom. The Morgan fingerprint density at radius 1 is 1.10 bits per heavy atom. The number of hydrogen-bond acceptors (Lipinski definition) is 4. The maximum absolute atomic E-state index is 12.7. The predicted molar refractivity (Wildman–Crippen MR) is 119 cm³/mol. The van der Waals surface area contributed by atoms with Gasteiger partial charge in [0.15, 0.2) is 5.76 Å². The topological polar surface area (TPSA) is 92.6 Å². The first-order valence-electron chi connectivity index (χ1n) is 9.76. The molecule has 2 aromatic carbocycles. The van der Waals surface area contributed by atoms with E-state index in [2.05, 4.69) is 31.9 Å². The number of anilines is 2. The van der Waals surface area contributed by atoms with Crippen molar-refractivity contribution in [3.8, 4) is 0 Å². The molecule has 8 heteroatoms. The molecule has 1 aliphatic heterocycles. The highest BCUT2D eigenvalue weighted by Crippen LogP contribution is 2.28. The molecule has 1 aromatic heterocycles. The second kappa shape index (κ2) is 8.89. The third-order valence-electron chi connectivity index (χ3n) is 5.02. The molecule has 7 nitrogen and oxygen atoms in total. The van der Waals surface area contributed by atoms with Gasteiger partial charge in [-0.25, -0.2) is 4.79 Å². The summed E-state index contributed by atoms with van der Waals surface area (Å²) in [6.07, 6.45) is 2.10. The van der Waals surface area contributed by atoms with Gasteiger partial charge in [0.05, 0.1) is 6.10 Å². The number of hydrogen-bond donors (Lipinski definition) is 3. The van der Waals surface area contributed by atoms with Crippen LogP contribution >= 0.6 is 15.9 Å². The van der Waals surface area contributed by atoms with Gasteiger partial charge < -0.3 is 25.1 Å². The zero-order chi connectivity index (χ0) is 21.1. The van der Waals surface area contributed by atoms with Gasteiger partial charge in [-0.2, -0.15) is 0 Å². The van der Waals surface area contributed by atoms with Gasteiger partial charge in [-0.3, -0.25) is 4.79 Å². The number of furan rings is 1. The fraction of sp³-hybridized carbons (Fsp3) is 0.273. The highest BCUT2D eigenvalue weighted by Gasteiger charge is 2.18. The van der Waals surface area contributed by atoms with Crippen molar-refractivity contribution in [3.63, 3.8) is 0 Å². The lowest BCUT2D eigenvalue weighted by molar-refractivity contribution is 0.0998. The average Bonchev–Trinajstić information content (AvgIpc) is 3.36.